The quantitative estimate of drug-likeness (QED) is 0.0222. The number of aliphatic hydroxyl groups excluding tert-OH is 1. The minimum absolute atomic E-state index is 0.106. The molecule has 5 atom stereocenters. The summed E-state index contributed by atoms with van der Waals surface area (Å²) in [6.07, 6.45) is 44.3. The average molecular weight is 1280 g/mol. The molecule has 0 aliphatic carbocycles. The third-order valence-electron chi connectivity index (χ3n) is 15.7. The Morgan fingerprint density at radius 2 is 0.529 bits per heavy atom. The summed E-state index contributed by atoms with van der Waals surface area (Å²) in [6, 6.07) is 0. The molecule has 0 amide bonds. The molecule has 0 saturated heterocycles. The van der Waals surface area contributed by atoms with E-state index < -0.39 is 97.5 Å². The molecule has 0 aromatic carbocycles. The highest BCUT2D eigenvalue weighted by Gasteiger charge is 2.30. The van der Waals surface area contributed by atoms with E-state index in [1.54, 1.807) is 0 Å². The molecule has 2 unspecified atom stereocenters. The standard InChI is InChI=1S/C68H132O17P2/c1-7-9-11-13-15-17-19-26-32-38-44-50-65(70)78-56-63(84-67(72)52-46-40-34-27-20-18-16-14-12-10-8-2)58-82-86(74,75)80-54-62(69)55-81-87(76,77)83-59-64(57-79-66(71)51-45-39-33-29-23-25-31-37-43-49-61(5)6)85-68(73)53-47-41-35-28-22-21-24-30-36-42-48-60(3)4/h60-64,69H,7-59H2,1-6H3,(H,74,75)(H,76,77)/t62-,63+,64+/m0/s1. The van der Waals surface area contributed by atoms with E-state index in [1.165, 1.54) is 161 Å². The molecule has 0 bridgehead atoms. The van der Waals surface area contributed by atoms with E-state index in [1.807, 2.05) is 0 Å². The summed E-state index contributed by atoms with van der Waals surface area (Å²) >= 11 is 0. The molecular weight excluding hydrogens is 1150 g/mol. The van der Waals surface area contributed by atoms with Crippen LogP contribution in [0.5, 0.6) is 0 Å². The molecule has 0 heterocycles. The molecule has 0 saturated carbocycles. The second-order valence-corrected chi connectivity index (χ2v) is 28.4. The number of unbranched alkanes of at least 4 members (excludes halogenated alkanes) is 37. The minimum Gasteiger partial charge on any atom is -0.462 e. The summed E-state index contributed by atoms with van der Waals surface area (Å²) in [5.74, 6) is -0.630. The number of hydrogen-bond donors (Lipinski definition) is 3. The lowest BCUT2D eigenvalue weighted by Crippen LogP contribution is -2.30. The molecule has 0 aromatic rings. The van der Waals surface area contributed by atoms with E-state index >= 15 is 0 Å². The molecule has 0 aliphatic heterocycles. The van der Waals surface area contributed by atoms with Gasteiger partial charge in [-0.05, 0) is 37.5 Å². The van der Waals surface area contributed by atoms with Crippen LogP contribution in [-0.2, 0) is 65.4 Å². The van der Waals surface area contributed by atoms with E-state index in [2.05, 4.69) is 41.5 Å². The van der Waals surface area contributed by atoms with Gasteiger partial charge in [0.25, 0.3) is 0 Å². The van der Waals surface area contributed by atoms with E-state index in [0.29, 0.717) is 25.7 Å². The second kappa shape index (κ2) is 60.3. The van der Waals surface area contributed by atoms with Crippen molar-refractivity contribution in [2.75, 3.05) is 39.6 Å². The highest BCUT2D eigenvalue weighted by Crippen LogP contribution is 2.45. The summed E-state index contributed by atoms with van der Waals surface area (Å²) in [5.41, 5.74) is 0. The Morgan fingerprint density at radius 1 is 0.310 bits per heavy atom. The van der Waals surface area contributed by atoms with Crippen molar-refractivity contribution in [2.24, 2.45) is 11.8 Å². The fraction of sp³-hybridized carbons (Fsp3) is 0.941. The van der Waals surface area contributed by atoms with Crippen molar-refractivity contribution in [1.82, 2.24) is 0 Å². The van der Waals surface area contributed by atoms with E-state index in [0.717, 1.165) is 102 Å². The molecule has 0 spiro atoms. The summed E-state index contributed by atoms with van der Waals surface area (Å²) in [4.78, 5) is 72.4. The molecule has 0 fully saturated rings. The van der Waals surface area contributed by atoms with Gasteiger partial charge in [0.05, 0.1) is 26.4 Å². The Bertz CT molecular complexity index is 1700. The number of aliphatic hydroxyl groups is 1. The van der Waals surface area contributed by atoms with Crippen LogP contribution < -0.4 is 0 Å². The van der Waals surface area contributed by atoms with Gasteiger partial charge in [0.2, 0.25) is 0 Å². The molecular formula is C68H132O17P2. The lowest BCUT2D eigenvalue weighted by atomic mass is 10.0. The molecule has 3 N–H and O–H groups in total. The number of phosphoric ester groups is 2. The monoisotopic (exact) mass is 1280 g/mol. The van der Waals surface area contributed by atoms with Crippen molar-refractivity contribution < 1.29 is 80.2 Å². The number of esters is 4. The Hall–Kier alpha value is -1.94. The first-order chi connectivity index (χ1) is 41.9. The number of carbonyl (C=O) groups is 4. The summed E-state index contributed by atoms with van der Waals surface area (Å²) in [7, 11) is -9.89. The normalized spacial score (nSPS) is 14.2. The van der Waals surface area contributed by atoms with Gasteiger partial charge >= 0.3 is 39.5 Å². The van der Waals surface area contributed by atoms with Crippen molar-refractivity contribution in [2.45, 2.75) is 362 Å². The predicted octanol–water partition coefficient (Wildman–Crippen LogP) is 19.2. The van der Waals surface area contributed by atoms with Gasteiger partial charge in [-0.3, -0.25) is 37.3 Å². The van der Waals surface area contributed by atoms with Crippen LogP contribution in [0.3, 0.4) is 0 Å². The fourth-order valence-electron chi connectivity index (χ4n) is 10.2. The molecule has 0 aliphatic rings. The highest BCUT2D eigenvalue weighted by molar-refractivity contribution is 7.47. The highest BCUT2D eigenvalue weighted by atomic mass is 31.2. The maximum Gasteiger partial charge on any atom is 0.472 e. The third kappa shape index (κ3) is 62.6. The predicted molar refractivity (Wildman–Crippen MR) is 349 cm³/mol. The topological polar surface area (TPSA) is 237 Å². The lowest BCUT2D eigenvalue weighted by molar-refractivity contribution is -0.161. The number of rotatable bonds is 67. The van der Waals surface area contributed by atoms with Gasteiger partial charge in [-0.15, -0.1) is 0 Å². The van der Waals surface area contributed by atoms with Crippen LogP contribution >= 0.6 is 15.6 Å². The Morgan fingerprint density at radius 3 is 0.782 bits per heavy atom. The summed E-state index contributed by atoms with van der Waals surface area (Å²) in [6.45, 7) is 9.50. The SMILES string of the molecule is CCCCCCCCCCCCCC(=O)OC[C@H](COP(=O)(O)OC[C@H](O)COP(=O)(O)OC[C@@H](COC(=O)CCCCCCCCCCCC(C)C)OC(=O)CCCCCCCCCCCCC(C)C)OC(=O)CCCCCCCCCCCCC. The van der Waals surface area contributed by atoms with Gasteiger partial charge in [0.15, 0.2) is 12.2 Å². The first kappa shape index (κ1) is 85.1. The number of hydrogen-bond acceptors (Lipinski definition) is 15. The van der Waals surface area contributed by atoms with Crippen LogP contribution in [0.2, 0.25) is 0 Å². The molecule has 0 rings (SSSR count). The van der Waals surface area contributed by atoms with Gasteiger partial charge < -0.3 is 33.8 Å². The molecule has 0 radical (unpaired) electrons. The fourth-order valence-corrected chi connectivity index (χ4v) is 11.8. The zero-order valence-electron chi connectivity index (χ0n) is 56.3. The van der Waals surface area contributed by atoms with Gasteiger partial charge in [-0.25, -0.2) is 9.13 Å². The van der Waals surface area contributed by atoms with E-state index in [9.17, 15) is 43.2 Å². The van der Waals surface area contributed by atoms with Gasteiger partial charge in [-0.1, -0.05) is 292 Å². The number of phosphoric acid groups is 2. The average Bonchev–Trinajstić information content (AvgIpc) is 3.69. The minimum atomic E-state index is -4.95. The van der Waals surface area contributed by atoms with Crippen LogP contribution in [-0.4, -0.2) is 96.7 Å². The van der Waals surface area contributed by atoms with Gasteiger partial charge in [0, 0.05) is 25.7 Å². The van der Waals surface area contributed by atoms with Crippen molar-refractivity contribution in [1.29, 1.82) is 0 Å². The van der Waals surface area contributed by atoms with E-state index in [4.69, 9.17) is 37.0 Å². The van der Waals surface area contributed by atoms with Crippen LogP contribution in [0.1, 0.15) is 343 Å². The molecule has 87 heavy (non-hydrogen) atoms. The number of carbonyl (C=O) groups excluding carboxylic acids is 4. The van der Waals surface area contributed by atoms with Crippen molar-refractivity contribution >= 4 is 39.5 Å². The van der Waals surface area contributed by atoms with E-state index in [-0.39, 0.29) is 25.7 Å². The maximum atomic E-state index is 13.0. The molecule has 516 valence electrons. The largest absolute Gasteiger partial charge is 0.472 e. The zero-order valence-corrected chi connectivity index (χ0v) is 58.1. The zero-order chi connectivity index (χ0) is 64.3. The third-order valence-corrected chi connectivity index (χ3v) is 17.6. The number of ether oxygens (including phenoxy) is 4. The first-order valence-electron chi connectivity index (χ1n) is 35.5. The van der Waals surface area contributed by atoms with Crippen LogP contribution in [0.25, 0.3) is 0 Å². The van der Waals surface area contributed by atoms with Gasteiger partial charge in [0.1, 0.15) is 19.3 Å². The Balaban J connectivity index is 5.25. The van der Waals surface area contributed by atoms with Crippen LogP contribution in [0, 0.1) is 11.8 Å². The maximum absolute atomic E-state index is 13.0. The van der Waals surface area contributed by atoms with Crippen molar-refractivity contribution in [3.05, 3.63) is 0 Å². The summed E-state index contributed by atoms with van der Waals surface area (Å²) < 4.78 is 68.2. The van der Waals surface area contributed by atoms with Gasteiger partial charge in [-0.2, -0.15) is 0 Å². The van der Waals surface area contributed by atoms with Crippen LogP contribution in [0.15, 0.2) is 0 Å². The van der Waals surface area contributed by atoms with Crippen LogP contribution in [0.4, 0.5) is 0 Å². The molecule has 0 aromatic heterocycles. The second-order valence-electron chi connectivity index (χ2n) is 25.5. The molecule has 19 heteroatoms. The first-order valence-corrected chi connectivity index (χ1v) is 38.5. The molecule has 17 nitrogen and oxygen atoms in total. The van der Waals surface area contributed by atoms with Crippen molar-refractivity contribution in [3.8, 4) is 0 Å². The van der Waals surface area contributed by atoms with Crippen molar-refractivity contribution in [3.63, 3.8) is 0 Å². The summed E-state index contributed by atoms with van der Waals surface area (Å²) in [5, 5.41) is 10.6. The smallest absolute Gasteiger partial charge is 0.462 e. The Kier molecular flexibility index (Phi) is 59.0. The Labute approximate surface area is 530 Å². The lowest BCUT2D eigenvalue weighted by Gasteiger charge is -2.21.